The van der Waals surface area contributed by atoms with Crippen molar-refractivity contribution in [3.05, 3.63) is 0 Å². The molecule has 0 N–H and O–H groups in total. The maximum absolute atomic E-state index is 2.41. The van der Waals surface area contributed by atoms with E-state index < -0.39 is 0 Å². The van der Waals surface area contributed by atoms with Crippen molar-refractivity contribution in [3.63, 3.8) is 0 Å². The van der Waals surface area contributed by atoms with Crippen LogP contribution in [-0.2, 0) is 0 Å². The first-order valence-electron chi connectivity index (χ1n) is 3.05. The van der Waals surface area contributed by atoms with Gasteiger partial charge in [0.15, 0.2) is 0 Å². The minimum atomic E-state index is 1.18. The highest BCUT2D eigenvalue weighted by atomic mass is 127. The minimum Gasteiger partial charge on any atom is -0.307 e. The fourth-order valence-electron chi connectivity index (χ4n) is 0.488. The van der Waals surface area contributed by atoms with Crippen LogP contribution in [0.15, 0.2) is 0 Å². The first kappa shape index (κ1) is 8.69. The van der Waals surface area contributed by atoms with Crippen molar-refractivity contribution >= 4 is 22.6 Å². The smallest absolute Gasteiger partial charge is 0.000744 e. The third-order valence-electron chi connectivity index (χ3n) is 1.21. The summed E-state index contributed by atoms with van der Waals surface area (Å²) in [5, 5.41) is 0. The Hall–Kier alpha value is 0.690. The fourth-order valence-corrected chi connectivity index (χ4v) is 0.829. The van der Waals surface area contributed by atoms with Crippen LogP contribution in [0.25, 0.3) is 0 Å². The van der Waals surface area contributed by atoms with Gasteiger partial charge < -0.3 is 4.90 Å². The lowest BCUT2D eigenvalue weighted by atomic mass is 10.4. The van der Waals surface area contributed by atoms with Crippen molar-refractivity contribution in [1.82, 2.24) is 4.90 Å². The van der Waals surface area contributed by atoms with E-state index in [2.05, 4.69) is 41.5 Å². The molecule has 0 unspecified atom stereocenters. The van der Waals surface area contributed by atoms with Crippen molar-refractivity contribution in [2.45, 2.75) is 13.3 Å². The molecule has 0 amide bonds. The number of halogens is 1. The van der Waals surface area contributed by atoms with Crippen LogP contribution in [0, 0.1) is 0 Å². The number of alkyl halides is 1. The maximum Gasteiger partial charge on any atom is 0.000744 e. The molecule has 0 aliphatic heterocycles. The van der Waals surface area contributed by atoms with Gasteiger partial charge in [-0.1, -0.05) is 29.5 Å². The van der Waals surface area contributed by atoms with E-state index in [0.29, 0.717) is 0 Å². The van der Waals surface area contributed by atoms with E-state index >= 15 is 0 Å². The van der Waals surface area contributed by atoms with Gasteiger partial charge in [0.2, 0.25) is 0 Å². The second-order valence-corrected chi connectivity index (χ2v) is 3.02. The monoisotopic (exact) mass is 227 g/mol. The van der Waals surface area contributed by atoms with Gasteiger partial charge in [-0.25, -0.2) is 0 Å². The van der Waals surface area contributed by atoms with Crippen LogP contribution >= 0.6 is 22.6 Å². The van der Waals surface area contributed by atoms with Crippen LogP contribution in [0.3, 0.4) is 0 Å². The highest BCUT2D eigenvalue weighted by molar-refractivity contribution is 14.1. The Morgan fingerprint density at radius 1 is 1.50 bits per heavy atom. The number of rotatable bonds is 4. The van der Waals surface area contributed by atoms with Crippen LogP contribution in [0.1, 0.15) is 13.3 Å². The molecule has 0 aromatic rings. The fraction of sp³-hybridized carbons (Fsp3) is 1.00. The molecule has 0 rings (SSSR count). The van der Waals surface area contributed by atoms with Gasteiger partial charge in [-0.05, 0) is 26.6 Å². The molecule has 0 bridgehead atoms. The zero-order chi connectivity index (χ0) is 6.41. The third kappa shape index (κ3) is 4.84. The highest BCUT2D eigenvalue weighted by Gasteiger charge is 1.89. The minimum absolute atomic E-state index is 1.18. The van der Waals surface area contributed by atoms with Crippen molar-refractivity contribution in [2.24, 2.45) is 0 Å². The first-order valence-corrected chi connectivity index (χ1v) is 4.58. The molecule has 8 heavy (non-hydrogen) atoms. The van der Waals surface area contributed by atoms with Crippen LogP contribution in [0.4, 0.5) is 0 Å². The van der Waals surface area contributed by atoms with Crippen LogP contribution in [0.2, 0.25) is 0 Å². The van der Waals surface area contributed by atoms with Gasteiger partial charge >= 0.3 is 0 Å². The molecular formula is C6H14IN. The predicted octanol–water partition coefficient (Wildman–Crippen LogP) is 1.76. The van der Waals surface area contributed by atoms with Crippen molar-refractivity contribution in [1.29, 1.82) is 0 Å². The Balaban J connectivity index is 2.86. The van der Waals surface area contributed by atoms with Gasteiger partial charge in [0.05, 0.1) is 0 Å². The first-order chi connectivity index (χ1) is 3.81. The summed E-state index contributed by atoms with van der Waals surface area (Å²) < 4.78 is 1.28. The summed E-state index contributed by atoms with van der Waals surface area (Å²) >= 11 is 2.41. The predicted molar refractivity (Wildman–Crippen MR) is 46.7 cm³/mol. The number of hydrogen-bond donors (Lipinski definition) is 0. The largest absolute Gasteiger partial charge is 0.307 e. The molecule has 0 saturated heterocycles. The van der Waals surface area contributed by atoms with E-state index in [-0.39, 0.29) is 0 Å². The van der Waals surface area contributed by atoms with Gasteiger partial charge in [0.25, 0.3) is 0 Å². The van der Waals surface area contributed by atoms with Crippen molar-refractivity contribution in [2.75, 3.05) is 24.6 Å². The average molecular weight is 227 g/mol. The molecule has 0 fully saturated rings. The summed E-state index contributed by atoms with van der Waals surface area (Å²) in [5.41, 5.74) is 0. The molecule has 0 aromatic heterocycles. The summed E-state index contributed by atoms with van der Waals surface area (Å²) in [6.45, 7) is 4.61. The third-order valence-corrected chi connectivity index (χ3v) is 1.98. The van der Waals surface area contributed by atoms with E-state index in [0.717, 1.165) is 0 Å². The van der Waals surface area contributed by atoms with E-state index in [1.165, 1.54) is 23.9 Å². The Morgan fingerprint density at radius 2 is 2.12 bits per heavy atom. The zero-order valence-corrected chi connectivity index (χ0v) is 7.81. The quantitative estimate of drug-likeness (QED) is 0.522. The van der Waals surface area contributed by atoms with E-state index in [1.54, 1.807) is 0 Å². The topological polar surface area (TPSA) is 3.24 Å². The normalized spacial score (nSPS) is 10.5. The molecule has 0 heterocycles. The summed E-state index contributed by atoms with van der Waals surface area (Å²) in [5.74, 6) is 0. The van der Waals surface area contributed by atoms with Crippen LogP contribution in [0.5, 0.6) is 0 Å². The summed E-state index contributed by atoms with van der Waals surface area (Å²) in [6, 6.07) is 0. The summed E-state index contributed by atoms with van der Waals surface area (Å²) in [4.78, 5) is 2.33. The molecule has 2 heteroatoms. The van der Waals surface area contributed by atoms with Gasteiger partial charge in [0, 0.05) is 4.43 Å². The lowest BCUT2D eigenvalue weighted by molar-refractivity contribution is 0.355. The van der Waals surface area contributed by atoms with Gasteiger partial charge in [0.1, 0.15) is 0 Å². The summed E-state index contributed by atoms with van der Waals surface area (Å²) in [7, 11) is 2.16. The molecule has 0 atom stereocenters. The van der Waals surface area contributed by atoms with Gasteiger partial charge in [-0.3, -0.25) is 0 Å². The molecule has 0 aromatic carbocycles. The summed E-state index contributed by atoms with van der Waals surface area (Å²) in [6.07, 6.45) is 1.32. The standard InChI is InChI=1S/C6H14IN/c1-3-8(2)6-4-5-7/h3-6H2,1-2H3. The zero-order valence-electron chi connectivity index (χ0n) is 5.65. The SMILES string of the molecule is CCN(C)CCCI. The number of hydrogen-bond acceptors (Lipinski definition) is 1. The number of nitrogens with zero attached hydrogens (tertiary/aromatic N) is 1. The Morgan fingerprint density at radius 3 is 2.50 bits per heavy atom. The van der Waals surface area contributed by atoms with E-state index in [4.69, 9.17) is 0 Å². The van der Waals surface area contributed by atoms with Crippen molar-refractivity contribution in [3.8, 4) is 0 Å². The Kier molecular flexibility index (Phi) is 6.32. The average Bonchev–Trinajstić information content (AvgIpc) is 1.83. The molecule has 50 valence electrons. The molecule has 0 aliphatic carbocycles. The van der Waals surface area contributed by atoms with Crippen molar-refractivity contribution < 1.29 is 0 Å². The Labute approximate surface area is 65.6 Å². The lowest BCUT2D eigenvalue weighted by Crippen LogP contribution is -2.18. The molecule has 0 radical (unpaired) electrons. The van der Waals surface area contributed by atoms with Crippen LogP contribution in [-0.4, -0.2) is 29.5 Å². The van der Waals surface area contributed by atoms with E-state index in [9.17, 15) is 0 Å². The molecule has 0 spiro atoms. The second kappa shape index (κ2) is 5.82. The van der Waals surface area contributed by atoms with E-state index in [1.807, 2.05) is 0 Å². The Bertz CT molecular complexity index is 47.8. The molecule has 1 nitrogen and oxygen atoms in total. The highest BCUT2D eigenvalue weighted by Crippen LogP contribution is 1.90. The van der Waals surface area contributed by atoms with Gasteiger partial charge in [-0.15, -0.1) is 0 Å². The maximum atomic E-state index is 2.41. The molecule has 0 aliphatic rings. The lowest BCUT2D eigenvalue weighted by Gasteiger charge is -2.11. The van der Waals surface area contributed by atoms with Gasteiger partial charge in [-0.2, -0.15) is 0 Å². The van der Waals surface area contributed by atoms with Crippen LogP contribution < -0.4 is 0 Å². The molecule has 0 saturated carbocycles. The second-order valence-electron chi connectivity index (χ2n) is 1.94. The molecular weight excluding hydrogens is 213 g/mol.